The van der Waals surface area contributed by atoms with Crippen LogP contribution in [0.5, 0.6) is 0 Å². The summed E-state index contributed by atoms with van der Waals surface area (Å²) in [5.74, 6) is 3.00. The summed E-state index contributed by atoms with van der Waals surface area (Å²) in [4.78, 5) is 0. The van der Waals surface area contributed by atoms with Crippen LogP contribution in [0.25, 0.3) is 12.2 Å². The Balaban J connectivity index is 2.03. The first-order chi connectivity index (χ1) is 18.4. The molecule has 0 aromatic heterocycles. The van der Waals surface area contributed by atoms with Crippen molar-refractivity contribution in [3.8, 4) is 0 Å². The number of hydrogen-bond acceptors (Lipinski definition) is 0. The van der Waals surface area contributed by atoms with Gasteiger partial charge >= 0.3 is 0 Å². The molecule has 0 radical (unpaired) electrons. The Bertz CT molecular complexity index is 1160. The fourth-order valence-corrected chi connectivity index (χ4v) is 8.11. The van der Waals surface area contributed by atoms with E-state index in [1.54, 1.807) is 44.5 Å². The lowest BCUT2D eigenvalue weighted by atomic mass is 9.59. The van der Waals surface area contributed by atoms with Crippen molar-refractivity contribution in [1.82, 2.24) is 0 Å². The average Bonchev–Trinajstić information content (AvgIpc) is 3.42. The Kier molecular flexibility index (Phi) is 8.76. The Labute approximate surface area is 241 Å². The lowest BCUT2D eigenvalue weighted by molar-refractivity contribution is 0.265. The van der Waals surface area contributed by atoms with E-state index in [9.17, 15) is 0 Å². The van der Waals surface area contributed by atoms with Crippen LogP contribution in [0.15, 0.2) is 35.4 Å². The van der Waals surface area contributed by atoms with E-state index in [0.717, 1.165) is 0 Å². The highest BCUT2D eigenvalue weighted by Gasteiger charge is 2.48. The highest BCUT2D eigenvalue weighted by atomic mass is 14.5. The van der Waals surface area contributed by atoms with Crippen molar-refractivity contribution in [2.75, 3.05) is 0 Å². The van der Waals surface area contributed by atoms with Gasteiger partial charge in [0.25, 0.3) is 0 Å². The summed E-state index contributed by atoms with van der Waals surface area (Å²) in [6.45, 7) is 29.0. The van der Waals surface area contributed by atoms with Crippen LogP contribution in [-0.2, 0) is 0 Å². The van der Waals surface area contributed by atoms with E-state index in [4.69, 9.17) is 0 Å². The zero-order valence-corrected chi connectivity index (χ0v) is 27.3. The van der Waals surface area contributed by atoms with E-state index in [1.165, 1.54) is 36.8 Å². The Hall–Kier alpha value is -2.08. The zero-order chi connectivity index (χ0) is 28.8. The number of allylic oxidation sites excluding steroid dienone is 2. The third-order valence-corrected chi connectivity index (χ3v) is 9.74. The summed E-state index contributed by atoms with van der Waals surface area (Å²) >= 11 is 0. The Morgan fingerprint density at radius 3 is 1.13 bits per heavy atom. The van der Waals surface area contributed by atoms with Crippen molar-refractivity contribution in [2.45, 2.75) is 144 Å². The first-order valence-electron chi connectivity index (χ1n) is 16.1. The zero-order valence-electron chi connectivity index (χ0n) is 27.3. The van der Waals surface area contributed by atoms with Gasteiger partial charge < -0.3 is 0 Å². The van der Waals surface area contributed by atoms with E-state index in [2.05, 4.69) is 120 Å². The van der Waals surface area contributed by atoms with Gasteiger partial charge in [-0.15, -0.1) is 0 Å². The van der Waals surface area contributed by atoms with Gasteiger partial charge in [-0.25, -0.2) is 0 Å². The van der Waals surface area contributed by atoms with Crippen LogP contribution in [0, 0.1) is 5.41 Å². The summed E-state index contributed by atoms with van der Waals surface area (Å²) in [7, 11) is 0. The maximum Gasteiger partial charge on any atom is 0.0120 e. The summed E-state index contributed by atoms with van der Waals surface area (Å²) in [6.07, 6.45) is 10.1. The van der Waals surface area contributed by atoms with Gasteiger partial charge in [0.1, 0.15) is 0 Å². The van der Waals surface area contributed by atoms with Gasteiger partial charge in [0.05, 0.1) is 0 Å². The first kappa shape index (κ1) is 29.9. The largest absolute Gasteiger partial charge is 0.0651 e. The number of benzene rings is 2. The molecule has 39 heavy (non-hydrogen) atoms. The monoisotopic (exact) mass is 524 g/mol. The topological polar surface area (TPSA) is 0 Å². The summed E-state index contributed by atoms with van der Waals surface area (Å²) in [5.41, 5.74) is 16.0. The van der Waals surface area contributed by atoms with Gasteiger partial charge in [-0.2, -0.15) is 0 Å². The van der Waals surface area contributed by atoms with Crippen LogP contribution in [0.2, 0.25) is 0 Å². The van der Waals surface area contributed by atoms with E-state index in [-0.39, 0.29) is 5.41 Å². The number of fused-ring (bicyclic) bond motifs is 2. The Morgan fingerprint density at radius 1 is 0.538 bits per heavy atom. The molecule has 0 heteroatoms. The molecule has 2 atom stereocenters. The molecule has 212 valence electrons. The van der Waals surface area contributed by atoms with Gasteiger partial charge in [0, 0.05) is 11.8 Å². The van der Waals surface area contributed by atoms with Crippen molar-refractivity contribution < 1.29 is 0 Å². The SMILES string of the molecule is CCCC1=Cc2c(C(C)C)ccc(C(C)C)c2C1C(C)(C)C1C(CCC)=Cc2c(C(C)C)ccc(C(C)C)c21. The second-order valence-corrected chi connectivity index (χ2v) is 14.4. The molecule has 0 fully saturated rings. The molecule has 0 aliphatic heterocycles. The molecule has 0 heterocycles. The van der Waals surface area contributed by atoms with E-state index in [1.807, 2.05) is 0 Å². The van der Waals surface area contributed by atoms with Crippen LogP contribution in [-0.4, -0.2) is 0 Å². The van der Waals surface area contributed by atoms with Crippen molar-refractivity contribution in [2.24, 2.45) is 5.41 Å². The van der Waals surface area contributed by atoms with Crippen molar-refractivity contribution in [3.63, 3.8) is 0 Å². The fourth-order valence-electron chi connectivity index (χ4n) is 8.11. The Morgan fingerprint density at radius 2 is 0.846 bits per heavy atom. The molecule has 0 bridgehead atoms. The minimum Gasteiger partial charge on any atom is -0.0651 e. The summed E-state index contributed by atoms with van der Waals surface area (Å²) in [6, 6.07) is 9.83. The fraction of sp³-hybridized carbons (Fsp3) is 0.590. The molecule has 2 aliphatic carbocycles. The van der Waals surface area contributed by atoms with E-state index < -0.39 is 0 Å². The van der Waals surface area contributed by atoms with Crippen LogP contribution in [0.1, 0.15) is 189 Å². The molecule has 2 aliphatic rings. The molecular formula is C39H56. The smallest absolute Gasteiger partial charge is 0.0120 e. The maximum atomic E-state index is 2.64. The normalized spacial score (nSPS) is 18.9. The van der Waals surface area contributed by atoms with Crippen LogP contribution < -0.4 is 0 Å². The highest BCUT2D eigenvalue weighted by molar-refractivity contribution is 5.76. The van der Waals surface area contributed by atoms with Gasteiger partial charge in [0.2, 0.25) is 0 Å². The van der Waals surface area contributed by atoms with Gasteiger partial charge in [-0.05, 0) is 86.4 Å². The number of hydrogen-bond donors (Lipinski definition) is 0. The predicted molar refractivity (Wildman–Crippen MR) is 174 cm³/mol. The third kappa shape index (κ3) is 5.11. The summed E-state index contributed by atoms with van der Waals surface area (Å²) in [5, 5.41) is 0. The minimum atomic E-state index is 0.0665. The van der Waals surface area contributed by atoms with Crippen molar-refractivity contribution in [1.29, 1.82) is 0 Å². The van der Waals surface area contributed by atoms with Crippen LogP contribution in [0.3, 0.4) is 0 Å². The molecule has 0 saturated carbocycles. The predicted octanol–water partition coefficient (Wildman–Crippen LogP) is 12.5. The van der Waals surface area contributed by atoms with Gasteiger partial charge in [-0.1, -0.05) is 143 Å². The second-order valence-electron chi connectivity index (χ2n) is 14.4. The first-order valence-corrected chi connectivity index (χ1v) is 16.1. The van der Waals surface area contributed by atoms with Crippen LogP contribution in [0.4, 0.5) is 0 Å². The van der Waals surface area contributed by atoms with Gasteiger partial charge in [0.15, 0.2) is 0 Å². The van der Waals surface area contributed by atoms with E-state index in [0.29, 0.717) is 35.5 Å². The minimum absolute atomic E-state index is 0.0665. The molecule has 2 unspecified atom stereocenters. The number of rotatable bonds is 10. The lowest BCUT2D eigenvalue weighted by Crippen LogP contribution is -2.32. The quantitative estimate of drug-likeness (QED) is 0.290. The molecule has 4 rings (SSSR count). The molecular weight excluding hydrogens is 468 g/mol. The van der Waals surface area contributed by atoms with Crippen LogP contribution >= 0.6 is 0 Å². The molecule has 2 aromatic rings. The highest BCUT2D eigenvalue weighted by Crippen LogP contribution is 2.62. The lowest BCUT2D eigenvalue weighted by Gasteiger charge is -2.44. The van der Waals surface area contributed by atoms with Crippen molar-refractivity contribution in [3.05, 3.63) is 79.9 Å². The molecule has 0 saturated heterocycles. The van der Waals surface area contributed by atoms with Crippen molar-refractivity contribution >= 4 is 12.2 Å². The average molecular weight is 525 g/mol. The molecule has 0 N–H and O–H groups in total. The second kappa shape index (κ2) is 11.4. The molecule has 0 amide bonds. The van der Waals surface area contributed by atoms with Gasteiger partial charge in [-0.3, -0.25) is 0 Å². The third-order valence-electron chi connectivity index (χ3n) is 9.74. The standard InChI is InChI=1S/C39H56/c1-13-15-27-21-33-29(23(3)4)17-19-31(25(7)8)35(33)37(27)39(11,12)38-28(16-14-2)22-34-30(24(5)6)18-20-32(26(9)10)36(34)38/h17-26,37-38H,13-16H2,1-12H3. The molecule has 0 nitrogen and oxygen atoms in total. The molecule has 0 spiro atoms. The van der Waals surface area contributed by atoms with E-state index >= 15 is 0 Å². The molecule has 2 aromatic carbocycles. The summed E-state index contributed by atoms with van der Waals surface area (Å²) < 4.78 is 0. The maximum absolute atomic E-state index is 2.64.